The van der Waals surface area contributed by atoms with Gasteiger partial charge in [0.05, 0.1) is 19.6 Å². The highest BCUT2D eigenvalue weighted by Crippen LogP contribution is 2.42. The van der Waals surface area contributed by atoms with Gasteiger partial charge in [0.2, 0.25) is 11.8 Å². The van der Waals surface area contributed by atoms with Crippen molar-refractivity contribution < 1.29 is 24.2 Å². The third-order valence-corrected chi connectivity index (χ3v) is 5.71. The van der Waals surface area contributed by atoms with Gasteiger partial charge in [-0.25, -0.2) is 0 Å². The Kier molecular flexibility index (Phi) is 5.04. The van der Waals surface area contributed by atoms with Crippen molar-refractivity contribution in [3.8, 4) is 11.8 Å². The maximum atomic E-state index is 13.0. The Morgan fingerprint density at radius 2 is 2.00 bits per heavy atom. The molecule has 0 saturated carbocycles. The molecule has 26 heavy (non-hydrogen) atoms. The molecule has 3 rings (SSSR count). The number of ether oxygens (including phenoxy) is 2. The fraction of sp³-hybridized carbons (Fsp3) is 0.611. The number of carbonyl (C=O) groups excluding carboxylic acids is 1. The Morgan fingerprint density at radius 3 is 2.65 bits per heavy atom. The second-order valence-corrected chi connectivity index (χ2v) is 6.97. The van der Waals surface area contributed by atoms with E-state index in [1.54, 1.807) is 17.0 Å². The number of piperidine rings is 2. The topological polar surface area (TPSA) is 92.2 Å². The van der Waals surface area contributed by atoms with Crippen molar-refractivity contribution >= 4 is 11.9 Å². The largest absolute Gasteiger partial charge is 0.481 e. The maximum absolute atomic E-state index is 13.0. The average molecular weight is 363 g/mol. The summed E-state index contributed by atoms with van der Waals surface area (Å²) in [6.07, 6.45) is 1.98. The summed E-state index contributed by atoms with van der Waals surface area (Å²) in [6, 6.07) is 3.06. The molecule has 2 fully saturated rings. The van der Waals surface area contributed by atoms with Gasteiger partial charge < -0.3 is 24.4 Å². The number of fused-ring (bicyclic) bond motifs is 1. The van der Waals surface area contributed by atoms with Gasteiger partial charge >= 0.3 is 5.97 Å². The van der Waals surface area contributed by atoms with Gasteiger partial charge in [-0.3, -0.25) is 9.59 Å². The summed E-state index contributed by atoms with van der Waals surface area (Å²) < 4.78 is 10.3. The number of hydrogen-bond donors (Lipinski definition) is 1. The Balaban J connectivity index is 1.85. The SMILES string of the molecule is COc1ccc(C(=O)N2CC[C@@]3(C(=O)O)CCCN(C)[C@@H]3C2)c(OC)n1. The molecular weight excluding hydrogens is 338 g/mol. The number of likely N-dealkylation sites (N-methyl/N-ethyl adjacent to an activating group) is 1. The van der Waals surface area contributed by atoms with Gasteiger partial charge in [0.15, 0.2) is 0 Å². The minimum absolute atomic E-state index is 0.191. The summed E-state index contributed by atoms with van der Waals surface area (Å²) in [4.78, 5) is 33.0. The monoisotopic (exact) mass is 363 g/mol. The van der Waals surface area contributed by atoms with E-state index in [-0.39, 0.29) is 17.8 Å². The van der Waals surface area contributed by atoms with Crippen LogP contribution in [0.2, 0.25) is 0 Å². The molecule has 2 atom stereocenters. The van der Waals surface area contributed by atoms with Gasteiger partial charge in [0, 0.05) is 25.2 Å². The molecule has 2 aliphatic rings. The maximum Gasteiger partial charge on any atom is 0.311 e. The van der Waals surface area contributed by atoms with Gasteiger partial charge in [0.1, 0.15) is 5.56 Å². The van der Waals surface area contributed by atoms with Gasteiger partial charge in [-0.15, -0.1) is 0 Å². The van der Waals surface area contributed by atoms with Crippen LogP contribution >= 0.6 is 0 Å². The predicted octanol–water partition coefficient (Wildman–Crippen LogP) is 1.11. The minimum atomic E-state index is -0.772. The number of hydrogen-bond acceptors (Lipinski definition) is 6. The molecule has 0 radical (unpaired) electrons. The number of methoxy groups -OCH3 is 2. The molecule has 2 saturated heterocycles. The predicted molar refractivity (Wildman–Crippen MR) is 93.6 cm³/mol. The first kappa shape index (κ1) is 18.4. The molecule has 0 spiro atoms. The van der Waals surface area contributed by atoms with E-state index in [0.717, 1.165) is 13.0 Å². The van der Waals surface area contributed by atoms with E-state index in [2.05, 4.69) is 9.88 Å². The van der Waals surface area contributed by atoms with Gasteiger partial charge in [-0.1, -0.05) is 0 Å². The molecule has 2 aliphatic heterocycles. The summed E-state index contributed by atoms with van der Waals surface area (Å²) in [5, 5.41) is 9.85. The summed E-state index contributed by atoms with van der Waals surface area (Å²) in [6.45, 7) is 1.64. The Morgan fingerprint density at radius 1 is 1.23 bits per heavy atom. The lowest BCUT2D eigenvalue weighted by molar-refractivity contribution is -0.161. The highest BCUT2D eigenvalue weighted by atomic mass is 16.5. The summed E-state index contributed by atoms with van der Waals surface area (Å²) in [5.74, 6) is -0.379. The van der Waals surface area contributed by atoms with Crippen molar-refractivity contribution in [2.75, 3.05) is 40.9 Å². The van der Waals surface area contributed by atoms with Crippen LogP contribution in [0.3, 0.4) is 0 Å². The quantitative estimate of drug-likeness (QED) is 0.857. The number of rotatable bonds is 4. The number of carboxylic acid groups (broad SMARTS) is 1. The van der Waals surface area contributed by atoms with Crippen molar-refractivity contribution in [2.45, 2.75) is 25.3 Å². The molecule has 1 amide bonds. The third-order valence-electron chi connectivity index (χ3n) is 5.71. The fourth-order valence-electron chi connectivity index (χ4n) is 4.20. The molecule has 8 nitrogen and oxygen atoms in total. The van der Waals surface area contributed by atoms with E-state index >= 15 is 0 Å². The van der Waals surface area contributed by atoms with Crippen LogP contribution in [0.15, 0.2) is 12.1 Å². The number of aromatic nitrogens is 1. The van der Waals surface area contributed by atoms with E-state index in [4.69, 9.17) is 9.47 Å². The highest BCUT2D eigenvalue weighted by molar-refractivity contribution is 5.96. The van der Waals surface area contributed by atoms with E-state index in [0.29, 0.717) is 37.4 Å². The first-order valence-corrected chi connectivity index (χ1v) is 8.75. The van der Waals surface area contributed by atoms with Crippen LogP contribution in [0.5, 0.6) is 11.8 Å². The van der Waals surface area contributed by atoms with Gasteiger partial charge in [-0.05, 0) is 38.9 Å². The van der Waals surface area contributed by atoms with Crippen molar-refractivity contribution in [1.29, 1.82) is 0 Å². The summed E-state index contributed by atoms with van der Waals surface area (Å²) in [5.41, 5.74) is -0.416. The van der Waals surface area contributed by atoms with Crippen LogP contribution in [0.4, 0.5) is 0 Å². The molecule has 0 aromatic carbocycles. The zero-order valence-electron chi connectivity index (χ0n) is 15.4. The minimum Gasteiger partial charge on any atom is -0.481 e. The Hall–Kier alpha value is -2.35. The molecular formula is C18H25N3O5. The van der Waals surface area contributed by atoms with Crippen molar-refractivity contribution in [1.82, 2.24) is 14.8 Å². The smallest absolute Gasteiger partial charge is 0.311 e. The number of aliphatic carboxylic acids is 1. The number of carbonyl (C=O) groups is 2. The molecule has 0 bridgehead atoms. The highest BCUT2D eigenvalue weighted by Gasteiger charge is 2.53. The average Bonchev–Trinajstić information content (AvgIpc) is 2.66. The molecule has 0 unspecified atom stereocenters. The fourth-order valence-corrected chi connectivity index (χ4v) is 4.20. The van der Waals surface area contributed by atoms with Gasteiger partial charge in [-0.2, -0.15) is 4.98 Å². The number of pyridine rings is 1. The normalized spacial score (nSPS) is 26.1. The lowest BCUT2D eigenvalue weighted by Gasteiger charge is -2.51. The molecule has 1 N–H and O–H groups in total. The molecule has 8 heteroatoms. The van der Waals surface area contributed by atoms with Crippen molar-refractivity contribution in [2.24, 2.45) is 5.41 Å². The van der Waals surface area contributed by atoms with E-state index < -0.39 is 11.4 Å². The number of carboxylic acids is 1. The number of amides is 1. The first-order valence-electron chi connectivity index (χ1n) is 8.75. The lowest BCUT2D eigenvalue weighted by atomic mass is 9.68. The first-order chi connectivity index (χ1) is 12.4. The molecule has 1 aromatic rings. The zero-order chi connectivity index (χ0) is 18.9. The van der Waals surface area contributed by atoms with Crippen molar-refractivity contribution in [3.63, 3.8) is 0 Å². The second kappa shape index (κ2) is 7.11. The standard InChI is InChI=1S/C18H25N3O5/c1-20-9-4-7-18(17(23)24)8-10-21(11-13(18)20)16(22)12-5-6-14(25-2)19-15(12)26-3/h5-6,13H,4,7-11H2,1-3H3,(H,23,24)/t13-,18+/m1/s1. The van der Waals surface area contributed by atoms with Crippen LogP contribution in [-0.4, -0.2) is 78.7 Å². The van der Waals surface area contributed by atoms with Crippen LogP contribution in [0.1, 0.15) is 29.6 Å². The molecule has 1 aromatic heterocycles. The summed E-state index contributed by atoms with van der Waals surface area (Å²) >= 11 is 0. The van der Waals surface area contributed by atoms with E-state index in [1.165, 1.54) is 14.2 Å². The second-order valence-electron chi connectivity index (χ2n) is 6.97. The van der Waals surface area contributed by atoms with Crippen LogP contribution in [0.25, 0.3) is 0 Å². The molecule has 3 heterocycles. The zero-order valence-corrected chi connectivity index (χ0v) is 15.4. The molecule has 142 valence electrons. The Labute approximate surface area is 152 Å². The third kappa shape index (κ3) is 2.98. The Bertz CT molecular complexity index is 710. The van der Waals surface area contributed by atoms with Crippen molar-refractivity contribution in [3.05, 3.63) is 17.7 Å². The van der Waals surface area contributed by atoms with Crippen LogP contribution in [-0.2, 0) is 4.79 Å². The van der Waals surface area contributed by atoms with Crippen LogP contribution < -0.4 is 9.47 Å². The lowest BCUT2D eigenvalue weighted by Crippen LogP contribution is -2.63. The summed E-state index contributed by atoms with van der Waals surface area (Å²) in [7, 11) is 4.89. The number of nitrogens with zero attached hydrogens (tertiary/aromatic N) is 3. The number of likely N-dealkylation sites (tertiary alicyclic amines) is 2. The van der Waals surface area contributed by atoms with Crippen LogP contribution in [0, 0.1) is 5.41 Å². The molecule has 0 aliphatic carbocycles. The van der Waals surface area contributed by atoms with Gasteiger partial charge in [0.25, 0.3) is 5.91 Å². The van der Waals surface area contributed by atoms with E-state index in [9.17, 15) is 14.7 Å². The van der Waals surface area contributed by atoms with E-state index in [1.807, 2.05) is 7.05 Å².